The molecule has 1 heterocycles. The van der Waals surface area contributed by atoms with Gasteiger partial charge in [-0.15, -0.1) is 11.3 Å². The van der Waals surface area contributed by atoms with Crippen LogP contribution in [0, 0.1) is 11.3 Å². The van der Waals surface area contributed by atoms with Gasteiger partial charge in [-0.3, -0.25) is 0 Å². The van der Waals surface area contributed by atoms with Crippen LogP contribution in [-0.4, -0.2) is 24.6 Å². The molecule has 0 aromatic carbocycles. The maximum absolute atomic E-state index is 5.71. The standard InChI is InChI=1S/C15H29N3S/c1-15(2,3)13(6-8-16)5-4-9-17-10-7-14-11-19-12-18-14/h11-13,17H,4-10,16H2,1-3H3. The predicted molar refractivity (Wildman–Crippen MR) is 84.5 cm³/mol. The van der Waals surface area contributed by atoms with Crippen molar-refractivity contribution in [3.8, 4) is 0 Å². The number of aromatic nitrogens is 1. The SMILES string of the molecule is CC(C)(C)C(CCN)CCCNCCc1cscn1. The summed E-state index contributed by atoms with van der Waals surface area (Å²) >= 11 is 1.67. The van der Waals surface area contributed by atoms with Crippen molar-refractivity contribution in [1.82, 2.24) is 10.3 Å². The molecule has 1 rings (SSSR count). The monoisotopic (exact) mass is 283 g/mol. The summed E-state index contributed by atoms with van der Waals surface area (Å²) in [5.74, 6) is 0.734. The van der Waals surface area contributed by atoms with Gasteiger partial charge >= 0.3 is 0 Å². The van der Waals surface area contributed by atoms with E-state index in [0.29, 0.717) is 5.41 Å². The minimum absolute atomic E-state index is 0.375. The zero-order valence-electron chi connectivity index (χ0n) is 12.6. The molecule has 0 saturated heterocycles. The summed E-state index contributed by atoms with van der Waals surface area (Å²) in [6.45, 7) is 9.90. The van der Waals surface area contributed by atoms with Crippen LogP contribution >= 0.6 is 11.3 Å². The first-order valence-electron chi connectivity index (χ1n) is 7.32. The van der Waals surface area contributed by atoms with Crippen molar-refractivity contribution in [3.63, 3.8) is 0 Å². The lowest BCUT2D eigenvalue weighted by Crippen LogP contribution is -2.25. The van der Waals surface area contributed by atoms with Crippen LogP contribution in [-0.2, 0) is 6.42 Å². The van der Waals surface area contributed by atoms with E-state index in [1.165, 1.54) is 18.5 Å². The predicted octanol–water partition coefficient (Wildman–Crippen LogP) is 3.07. The highest BCUT2D eigenvalue weighted by molar-refractivity contribution is 7.07. The molecule has 110 valence electrons. The first kappa shape index (κ1) is 16.6. The summed E-state index contributed by atoms with van der Waals surface area (Å²) in [6, 6.07) is 0. The van der Waals surface area contributed by atoms with Gasteiger partial charge in [-0.2, -0.15) is 0 Å². The molecule has 19 heavy (non-hydrogen) atoms. The van der Waals surface area contributed by atoms with E-state index in [-0.39, 0.29) is 0 Å². The van der Waals surface area contributed by atoms with Crippen LogP contribution in [0.5, 0.6) is 0 Å². The summed E-state index contributed by atoms with van der Waals surface area (Å²) in [5, 5.41) is 5.63. The lowest BCUT2D eigenvalue weighted by Gasteiger charge is -2.30. The highest BCUT2D eigenvalue weighted by Crippen LogP contribution is 2.31. The number of nitrogens with zero attached hydrogens (tertiary/aromatic N) is 1. The zero-order valence-corrected chi connectivity index (χ0v) is 13.4. The van der Waals surface area contributed by atoms with E-state index in [1.54, 1.807) is 11.3 Å². The Kier molecular flexibility index (Phi) is 7.57. The fourth-order valence-corrected chi connectivity index (χ4v) is 2.98. The molecular weight excluding hydrogens is 254 g/mol. The minimum atomic E-state index is 0.375. The molecule has 0 aliphatic heterocycles. The minimum Gasteiger partial charge on any atom is -0.330 e. The van der Waals surface area contributed by atoms with Crippen molar-refractivity contribution >= 4 is 11.3 Å². The van der Waals surface area contributed by atoms with Crippen LogP contribution in [0.4, 0.5) is 0 Å². The molecule has 1 aromatic rings. The van der Waals surface area contributed by atoms with Crippen molar-refractivity contribution < 1.29 is 0 Å². The van der Waals surface area contributed by atoms with Gasteiger partial charge in [0.05, 0.1) is 11.2 Å². The average molecular weight is 283 g/mol. The molecular formula is C15H29N3S. The molecule has 4 heteroatoms. The van der Waals surface area contributed by atoms with Gasteiger partial charge in [0.2, 0.25) is 0 Å². The first-order valence-corrected chi connectivity index (χ1v) is 8.26. The zero-order chi connectivity index (χ0) is 14.1. The van der Waals surface area contributed by atoms with E-state index in [1.807, 2.05) is 5.51 Å². The van der Waals surface area contributed by atoms with Crippen molar-refractivity contribution in [2.24, 2.45) is 17.1 Å². The molecule has 0 aliphatic rings. The van der Waals surface area contributed by atoms with Crippen molar-refractivity contribution in [2.45, 2.75) is 46.5 Å². The van der Waals surface area contributed by atoms with E-state index >= 15 is 0 Å². The van der Waals surface area contributed by atoms with Crippen molar-refractivity contribution in [3.05, 3.63) is 16.6 Å². The lowest BCUT2D eigenvalue weighted by molar-refractivity contribution is 0.210. The fraction of sp³-hybridized carbons (Fsp3) is 0.800. The number of hydrogen-bond donors (Lipinski definition) is 2. The average Bonchev–Trinajstić information content (AvgIpc) is 2.83. The molecule has 0 spiro atoms. The van der Waals surface area contributed by atoms with Crippen LogP contribution in [0.1, 0.15) is 45.7 Å². The van der Waals surface area contributed by atoms with Gasteiger partial charge in [0, 0.05) is 18.3 Å². The highest BCUT2D eigenvalue weighted by atomic mass is 32.1. The van der Waals surface area contributed by atoms with Crippen LogP contribution < -0.4 is 11.1 Å². The number of hydrogen-bond acceptors (Lipinski definition) is 4. The molecule has 3 N–H and O–H groups in total. The lowest BCUT2D eigenvalue weighted by atomic mass is 9.76. The van der Waals surface area contributed by atoms with Crippen LogP contribution in [0.25, 0.3) is 0 Å². The van der Waals surface area contributed by atoms with Gasteiger partial charge < -0.3 is 11.1 Å². The molecule has 0 radical (unpaired) electrons. The highest BCUT2D eigenvalue weighted by Gasteiger charge is 2.22. The smallest absolute Gasteiger partial charge is 0.0794 e. The van der Waals surface area contributed by atoms with Crippen LogP contribution in [0.3, 0.4) is 0 Å². The van der Waals surface area contributed by atoms with Gasteiger partial charge in [0.1, 0.15) is 0 Å². The largest absolute Gasteiger partial charge is 0.330 e. The molecule has 0 saturated carbocycles. The molecule has 1 aromatic heterocycles. The summed E-state index contributed by atoms with van der Waals surface area (Å²) in [6.07, 6.45) is 4.68. The van der Waals surface area contributed by atoms with Crippen LogP contribution in [0.15, 0.2) is 10.9 Å². The fourth-order valence-electron chi connectivity index (χ4n) is 2.39. The number of rotatable bonds is 9. The van der Waals surface area contributed by atoms with Gasteiger partial charge in [0.15, 0.2) is 0 Å². The van der Waals surface area contributed by atoms with Gasteiger partial charge in [-0.25, -0.2) is 4.98 Å². The van der Waals surface area contributed by atoms with Crippen LogP contribution in [0.2, 0.25) is 0 Å². The van der Waals surface area contributed by atoms with E-state index in [9.17, 15) is 0 Å². The number of nitrogens with two attached hydrogens (primary N) is 1. The van der Waals surface area contributed by atoms with Crippen molar-refractivity contribution in [2.75, 3.05) is 19.6 Å². The van der Waals surface area contributed by atoms with E-state index in [0.717, 1.165) is 38.4 Å². The summed E-state index contributed by atoms with van der Waals surface area (Å²) in [4.78, 5) is 4.28. The maximum atomic E-state index is 5.71. The normalized spacial score (nSPS) is 13.7. The van der Waals surface area contributed by atoms with Gasteiger partial charge in [-0.05, 0) is 43.7 Å². The van der Waals surface area contributed by atoms with E-state index in [4.69, 9.17) is 5.73 Å². The van der Waals surface area contributed by atoms with E-state index in [2.05, 4.69) is 36.5 Å². The second kappa shape index (κ2) is 8.67. The van der Waals surface area contributed by atoms with Gasteiger partial charge in [0.25, 0.3) is 0 Å². The maximum Gasteiger partial charge on any atom is 0.0794 e. The summed E-state index contributed by atoms with van der Waals surface area (Å²) in [5.41, 5.74) is 9.19. The molecule has 0 fully saturated rings. The molecule has 0 bridgehead atoms. The Labute approximate surface area is 122 Å². The molecule has 0 amide bonds. The second-order valence-corrected chi connectivity index (χ2v) is 6.98. The quantitative estimate of drug-likeness (QED) is 0.685. The molecule has 3 nitrogen and oxygen atoms in total. The summed E-state index contributed by atoms with van der Waals surface area (Å²) < 4.78 is 0. The Hall–Kier alpha value is -0.450. The third-order valence-corrected chi connectivity index (χ3v) is 4.32. The Morgan fingerprint density at radius 1 is 1.32 bits per heavy atom. The Bertz CT molecular complexity index is 317. The van der Waals surface area contributed by atoms with Crippen molar-refractivity contribution in [1.29, 1.82) is 0 Å². The van der Waals surface area contributed by atoms with E-state index < -0.39 is 0 Å². The Morgan fingerprint density at radius 3 is 2.68 bits per heavy atom. The van der Waals surface area contributed by atoms with Gasteiger partial charge in [-0.1, -0.05) is 20.8 Å². The summed E-state index contributed by atoms with van der Waals surface area (Å²) in [7, 11) is 0. The molecule has 0 aliphatic carbocycles. The first-order chi connectivity index (χ1) is 9.04. The third kappa shape index (κ3) is 7.04. The number of nitrogens with one attached hydrogen (secondary N) is 1. The Morgan fingerprint density at radius 2 is 2.11 bits per heavy atom. The Balaban J connectivity index is 2.08. The third-order valence-electron chi connectivity index (χ3n) is 3.69. The molecule has 1 unspecified atom stereocenters. The second-order valence-electron chi connectivity index (χ2n) is 6.26. The molecule has 1 atom stereocenters. The number of thiazole rings is 1. The topological polar surface area (TPSA) is 50.9 Å².